The Balaban J connectivity index is 1.67. The van der Waals surface area contributed by atoms with E-state index < -0.39 is 16.0 Å². The molecule has 1 saturated carbocycles. The molecule has 1 aromatic heterocycles. The predicted molar refractivity (Wildman–Crippen MR) is 111 cm³/mol. The number of benzene rings is 1. The lowest BCUT2D eigenvalue weighted by Crippen LogP contribution is -2.38. The number of nitrogens with two attached hydrogens (primary N) is 1. The van der Waals surface area contributed by atoms with Crippen LogP contribution in [0.2, 0.25) is 0 Å². The summed E-state index contributed by atoms with van der Waals surface area (Å²) < 4.78 is 43.2. The molecule has 13 heteroatoms. The lowest BCUT2D eigenvalue weighted by atomic mass is 9.86. The first-order valence-corrected chi connectivity index (χ1v) is 11.6. The van der Waals surface area contributed by atoms with Crippen molar-refractivity contribution in [1.29, 1.82) is 0 Å². The maximum Gasteiger partial charge on any atom is 0.274 e. The van der Waals surface area contributed by atoms with E-state index in [1.54, 1.807) is 12.1 Å². The summed E-state index contributed by atoms with van der Waals surface area (Å²) in [5.41, 5.74) is 1.17. The molecule has 3 rings (SSSR count). The summed E-state index contributed by atoms with van der Waals surface area (Å²) in [6, 6.07) is 4.49. The molecule has 164 valence electrons. The second-order valence-corrected chi connectivity index (χ2v) is 9.43. The summed E-state index contributed by atoms with van der Waals surface area (Å²) in [5, 5.41) is 28.8. The van der Waals surface area contributed by atoms with Gasteiger partial charge in [-0.25, -0.2) is 18.9 Å². The summed E-state index contributed by atoms with van der Waals surface area (Å²) in [7, 11) is -3.73. The Morgan fingerprint density at radius 3 is 2.90 bits per heavy atom. The summed E-state index contributed by atoms with van der Waals surface area (Å²) in [5.74, 6) is 0.0601. The van der Waals surface area contributed by atoms with Crippen LogP contribution in [0.1, 0.15) is 36.9 Å². The van der Waals surface area contributed by atoms with Crippen LogP contribution in [0.15, 0.2) is 32.5 Å². The van der Waals surface area contributed by atoms with Gasteiger partial charge in [0.1, 0.15) is 11.5 Å². The van der Waals surface area contributed by atoms with Crippen molar-refractivity contribution in [2.75, 3.05) is 11.9 Å². The van der Waals surface area contributed by atoms with E-state index in [4.69, 9.17) is 9.77 Å². The zero-order valence-electron chi connectivity index (χ0n) is 15.9. The van der Waals surface area contributed by atoms with E-state index in [0.717, 1.165) is 19.3 Å². The van der Waals surface area contributed by atoms with Crippen molar-refractivity contribution < 1.29 is 22.6 Å². The molecular formula is C17H22BrFN6O4S. The van der Waals surface area contributed by atoms with E-state index >= 15 is 0 Å². The van der Waals surface area contributed by atoms with Crippen molar-refractivity contribution in [3.63, 3.8) is 0 Å². The molecular weight excluding hydrogens is 483 g/mol. The van der Waals surface area contributed by atoms with Crippen LogP contribution in [0.3, 0.4) is 0 Å². The van der Waals surface area contributed by atoms with Gasteiger partial charge in [-0.15, -0.1) is 0 Å². The number of halogens is 2. The van der Waals surface area contributed by atoms with Crippen molar-refractivity contribution in [1.82, 2.24) is 15.0 Å². The maximum absolute atomic E-state index is 13.4. The van der Waals surface area contributed by atoms with Crippen molar-refractivity contribution >= 4 is 37.7 Å². The molecule has 5 N–H and O–H groups in total. The minimum absolute atomic E-state index is 0.0107. The van der Waals surface area contributed by atoms with Gasteiger partial charge < -0.3 is 10.5 Å². The van der Waals surface area contributed by atoms with Gasteiger partial charge in [0.25, 0.3) is 10.2 Å². The largest absolute Gasteiger partial charge is 0.411 e. The monoisotopic (exact) mass is 504 g/mol. The van der Waals surface area contributed by atoms with Crippen LogP contribution in [0.25, 0.3) is 0 Å². The van der Waals surface area contributed by atoms with Gasteiger partial charge in [0.15, 0.2) is 5.69 Å². The number of hydrogen-bond acceptors (Lipinski definition) is 8. The highest BCUT2D eigenvalue weighted by Gasteiger charge is 2.26. The highest BCUT2D eigenvalue weighted by atomic mass is 79.9. The molecule has 1 heterocycles. The first kappa shape index (κ1) is 22.6. The number of rotatable bonds is 8. The Kier molecular flexibility index (Phi) is 7.39. The zero-order chi connectivity index (χ0) is 21.7. The van der Waals surface area contributed by atoms with Gasteiger partial charge >= 0.3 is 0 Å². The number of oxime groups is 1. The molecule has 1 aromatic carbocycles. The van der Waals surface area contributed by atoms with Gasteiger partial charge in [0.2, 0.25) is 5.82 Å². The van der Waals surface area contributed by atoms with Gasteiger partial charge in [-0.1, -0.05) is 17.6 Å². The average molecular weight is 505 g/mol. The summed E-state index contributed by atoms with van der Waals surface area (Å²) in [6.07, 6.45) is 3.52. The number of aromatic nitrogens is 2. The first-order chi connectivity index (χ1) is 14.2. The van der Waals surface area contributed by atoms with E-state index in [9.17, 15) is 18.0 Å². The highest BCUT2D eigenvalue weighted by molar-refractivity contribution is 9.10. The zero-order valence-corrected chi connectivity index (χ0v) is 18.3. The minimum Gasteiger partial charge on any atom is -0.411 e. The fourth-order valence-electron chi connectivity index (χ4n) is 3.52. The fourth-order valence-corrected chi connectivity index (χ4v) is 4.41. The van der Waals surface area contributed by atoms with Crippen LogP contribution in [-0.2, 0) is 16.6 Å². The SMILES string of the molecule is NS(=O)(=O)NCC1CCCC(Nc2nonc2C(Cc2ccc(F)c(Br)c2)=NO)C1. The minimum atomic E-state index is -3.73. The van der Waals surface area contributed by atoms with Crippen molar-refractivity contribution in [2.24, 2.45) is 16.2 Å². The molecule has 0 spiro atoms. The molecule has 0 amide bonds. The third-order valence-electron chi connectivity index (χ3n) is 4.94. The molecule has 0 radical (unpaired) electrons. The van der Waals surface area contributed by atoms with Crippen LogP contribution >= 0.6 is 15.9 Å². The third kappa shape index (κ3) is 6.20. The Hall–Kier alpha value is -2.09. The normalized spacial score (nSPS) is 20.3. The Labute approximate surface area is 181 Å². The molecule has 10 nitrogen and oxygen atoms in total. The van der Waals surface area contributed by atoms with E-state index in [0.29, 0.717) is 22.3 Å². The Morgan fingerprint density at radius 2 is 2.20 bits per heavy atom. The van der Waals surface area contributed by atoms with Crippen LogP contribution in [0, 0.1) is 11.7 Å². The second-order valence-electron chi connectivity index (χ2n) is 7.20. The molecule has 2 aromatic rings. The van der Waals surface area contributed by atoms with E-state index in [1.165, 1.54) is 6.07 Å². The van der Waals surface area contributed by atoms with Gasteiger partial charge in [-0.3, -0.25) is 0 Å². The predicted octanol–water partition coefficient (Wildman–Crippen LogP) is 2.16. The number of hydrogen-bond donors (Lipinski definition) is 4. The standard InChI is InChI=1S/C17H22BrFN6O4S/c18-13-7-10(4-5-14(13)19)8-15(23-26)16-17(25-29-24-16)22-12-3-1-2-11(6-12)9-21-30(20,27)28/h4-5,7,11-12,21,26H,1-3,6,8-9H2,(H,22,25)(H2,20,27,28). The van der Waals surface area contributed by atoms with E-state index in [1.807, 2.05) is 0 Å². The van der Waals surface area contributed by atoms with Gasteiger partial charge in [-0.2, -0.15) is 8.42 Å². The molecule has 0 saturated heterocycles. The molecule has 0 bridgehead atoms. The summed E-state index contributed by atoms with van der Waals surface area (Å²) in [6.45, 7) is 0.268. The summed E-state index contributed by atoms with van der Waals surface area (Å²) in [4.78, 5) is 0. The Morgan fingerprint density at radius 1 is 1.40 bits per heavy atom. The topological polar surface area (TPSA) is 156 Å². The quantitative estimate of drug-likeness (QED) is 0.243. The molecule has 1 fully saturated rings. The van der Waals surface area contributed by atoms with Gasteiger partial charge in [0, 0.05) is 19.0 Å². The van der Waals surface area contributed by atoms with Crippen LogP contribution in [0.5, 0.6) is 0 Å². The molecule has 1 aliphatic carbocycles. The van der Waals surface area contributed by atoms with Crippen LogP contribution in [0.4, 0.5) is 10.2 Å². The third-order valence-corrected chi connectivity index (χ3v) is 6.11. The molecule has 1 aliphatic rings. The average Bonchev–Trinajstić information content (AvgIpc) is 3.15. The van der Waals surface area contributed by atoms with E-state index in [-0.39, 0.29) is 36.3 Å². The van der Waals surface area contributed by atoms with Crippen molar-refractivity contribution in [3.05, 3.63) is 39.7 Å². The molecule has 0 aliphatic heterocycles. The molecule has 30 heavy (non-hydrogen) atoms. The maximum atomic E-state index is 13.4. The smallest absolute Gasteiger partial charge is 0.274 e. The second kappa shape index (κ2) is 9.81. The first-order valence-electron chi connectivity index (χ1n) is 9.27. The summed E-state index contributed by atoms with van der Waals surface area (Å²) >= 11 is 3.13. The Bertz CT molecular complexity index is 1020. The van der Waals surface area contributed by atoms with Gasteiger partial charge in [-0.05, 0) is 69.1 Å². The number of nitrogens with one attached hydrogen (secondary N) is 2. The van der Waals surface area contributed by atoms with Crippen LogP contribution < -0.4 is 15.2 Å². The van der Waals surface area contributed by atoms with Crippen LogP contribution in [-0.4, -0.2) is 42.2 Å². The lowest BCUT2D eigenvalue weighted by Gasteiger charge is -2.29. The fraction of sp³-hybridized carbons (Fsp3) is 0.471. The molecule has 2 unspecified atom stereocenters. The number of nitrogens with zero attached hydrogens (tertiary/aromatic N) is 3. The van der Waals surface area contributed by atoms with Crippen molar-refractivity contribution in [2.45, 2.75) is 38.1 Å². The lowest BCUT2D eigenvalue weighted by molar-refractivity contribution is 0.302. The number of anilines is 1. The molecule has 2 atom stereocenters. The van der Waals surface area contributed by atoms with Gasteiger partial charge in [0.05, 0.1) is 4.47 Å². The highest BCUT2D eigenvalue weighted by Crippen LogP contribution is 2.27. The van der Waals surface area contributed by atoms with E-state index in [2.05, 4.69) is 41.4 Å². The van der Waals surface area contributed by atoms with Crippen molar-refractivity contribution in [3.8, 4) is 0 Å².